The summed E-state index contributed by atoms with van der Waals surface area (Å²) in [6.45, 7) is 3.41. The number of nitrogens with one attached hydrogen (secondary N) is 2. The van der Waals surface area contributed by atoms with Gasteiger partial charge in [0, 0.05) is 6.04 Å². The molecule has 1 aromatic carbocycles. The van der Waals surface area contributed by atoms with Gasteiger partial charge in [0.1, 0.15) is 0 Å². The highest BCUT2D eigenvalue weighted by Crippen LogP contribution is 2.17. The van der Waals surface area contributed by atoms with E-state index in [0.29, 0.717) is 0 Å². The van der Waals surface area contributed by atoms with Crippen molar-refractivity contribution in [3.8, 4) is 0 Å². The number of benzene rings is 1. The number of hydrogen-bond acceptors (Lipinski definition) is 5. The Hall–Kier alpha value is -3.09. The van der Waals surface area contributed by atoms with Gasteiger partial charge in [-0.2, -0.15) is 0 Å². The smallest absolute Gasteiger partial charge is 0.340 e. The minimum Gasteiger partial charge on any atom is -0.459 e. The molecule has 0 saturated carbocycles. The van der Waals surface area contributed by atoms with Gasteiger partial charge in [0.05, 0.1) is 17.5 Å². The third-order valence-electron chi connectivity index (χ3n) is 3.49. The van der Waals surface area contributed by atoms with Crippen molar-refractivity contribution in [2.75, 3.05) is 11.9 Å². The fourth-order valence-corrected chi connectivity index (χ4v) is 1.99. The molecule has 2 amide bonds. The van der Waals surface area contributed by atoms with E-state index in [1.54, 1.807) is 24.3 Å². The second-order valence-corrected chi connectivity index (χ2v) is 5.43. The van der Waals surface area contributed by atoms with Crippen LogP contribution < -0.4 is 10.6 Å². The van der Waals surface area contributed by atoms with Crippen molar-refractivity contribution >= 4 is 23.5 Å². The first-order valence-corrected chi connectivity index (χ1v) is 7.91. The molecule has 132 valence electrons. The van der Waals surface area contributed by atoms with Crippen LogP contribution in [0, 0.1) is 0 Å². The van der Waals surface area contributed by atoms with E-state index in [2.05, 4.69) is 10.6 Å². The molecule has 1 atom stereocenters. The van der Waals surface area contributed by atoms with E-state index in [1.165, 1.54) is 18.4 Å². The van der Waals surface area contributed by atoms with Gasteiger partial charge in [-0.05, 0) is 37.6 Å². The van der Waals surface area contributed by atoms with Crippen LogP contribution in [0.2, 0.25) is 0 Å². The lowest BCUT2D eigenvalue weighted by molar-refractivity contribution is -0.124. The van der Waals surface area contributed by atoms with Gasteiger partial charge in [-0.3, -0.25) is 9.59 Å². The van der Waals surface area contributed by atoms with Crippen molar-refractivity contribution in [2.24, 2.45) is 0 Å². The molecule has 7 heteroatoms. The number of amides is 2. The minimum absolute atomic E-state index is 0.00562. The van der Waals surface area contributed by atoms with Gasteiger partial charge in [0.2, 0.25) is 0 Å². The standard InChI is InChI=1S/C18H20N2O5/c1-3-12(2)19-16(21)11-25-18(23)13-7-4-5-8-14(13)20-17(22)15-9-6-10-24-15/h4-10,12H,3,11H2,1-2H3,(H,19,21)(H,20,22). The summed E-state index contributed by atoms with van der Waals surface area (Å²) in [5.74, 6) is -1.44. The number of anilines is 1. The molecule has 25 heavy (non-hydrogen) atoms. The van der Waals surface area contributed by atoms with Gasteiger partial charge in [-0.1, -0.05) is 19.1 Å². The summed E-state index contributed by atoms with van der Waals surface area (Å²) in [6.07, 6.45) is 2.16. The van der Waals surface area contributed by atoms with E-state index in [9.17, 15) is 14.4 Å². The first-order valence-electron chi connectivity index (χ1n) is 7.91. The molecule has 0 aliphatic carbocycles. The van der Waals surface area contributed by atoms with Crippen LogP contribution in [0.4, 0.5) is 5.69 Å². The van der Waals surface area contributed by atoms with Gasteiger partial charge in [-0.25, -0.2) is 4.79 Å². The molecular formula is C18H20N2O5. The van der Waals surface area contributed by atoms with Crippen LogP contribution >= 0.6 is 0 Å². The third-order valence-corrected chi connectivity index (χ3v) is 3.49. The summed E-state index contributed by atoms with van der Waals surface area (Å²) in [7, 11) is 0. The number of carbonyl (C=O) groups excluding carboxylic acids is 3. The molecule has 0 fully saturated rings. The number of ether oxygens (including phenoxy) is 1. The Morgan fingerprint density at radius 1 is 1.16 bits per heavy atom. The second-order valence-electron chi connectivity index (χ2n) is 5.43. The molecule has 0 aliphatic rings. The Balaban J connectivity index is 2.00. The average Bonchev–Trinajstić information content (AvgIpc) is 3.14. The SMILES string of the molecule is CCC(C)NC(=O)COC(=O)c1ccccc1NC(=O)c1ccco1. The fourth-order valence-electron chi connectivity index (χ4n) is 1.99. The lowest BCUT2D eigenvalue weighted by atomic mass is 10.1. The van der Waals surface area contributed by atoms with Gasteiger partial charge in [0.15, 0.2) is 12.4 Å². The summed E-state index contributed by atoms with van der Waals surface area (Å²) in [6, 6.07) is 9.48. The molecule has 1 aromatic heterocycles. The summed E-state index contributed by atoms with van der Waals surface area (Å²) in [4.78, 5) is 36.0. The van der Waals surface area contributed by atoms with Crippen LogP contribution in [0.3, 0.4) is 0 Å². The Morgan fingerprint density at radius 3 is 2.60 bits per heavy atom. The van der Waals surface area contributed by atoms with Crippen LogP contribution in [-0.2, 0) is 9.53 Å². The molecule has 0 aliphatic heterocycles. The molecule has 0 spiro atoms. The number of rotatable bonds is 7. The van der Waals surface area contributed by atoms with Crippen molar-refractivity contribution in [1.29, 1.82) is 0 Å². The highest BCUT2D eigenvalue weighted by Gasteiger charge is 2.17. The molecule has 0 bridgehead atoms. The van der Waals surface area contributed by atoms with Crippen molar-refractivity contribution in [3.63, 3.8) is 0 Å². The predicted molar refractivity (Wildman–Crippen MR) is 91.3 cm³/mol. The van der Waals surface area contributed by atoms with E-state index in [4.69, 9.17) is 9.15 Å². The zero-order chi connectivity index (χ0) is 18.2. The fraction of sp³-hybridized carbons (Fsp3) is 0.278. The normalized spacial score (nSPS) is 11.4. The molecule has 7 nitrogen and oxygen atoms in total. The maximum atomic E-state index is 12.2. The zero-order valence-corrected chi connectivity index (χ0v) is 14.1. The molecule has 0 radical (unpaired) electrons. The van der Waals surface area contributed by atoms with Crippen LogP contribution in [0.5, 0.6) is 0 Å². The molecule has 1 unspecified atom stereocenters. The van der Waals surface area contributed by atoms with Crippen molar-refractivity contribution in [1.82, 2.24) is 5.32 Å². The molecule has 2 N–H and O–H groups in total. The molecule has 2 rings (SSSR count). The topological polar surface area (TPSA) is 97.6 Å². The van der Waals surface area contributed by atoms with Crippen molar-refractivity contribution < 1.29 is 23.5 Å². The van der Waals surface area contributed by atoms with Gasteiger partial charge in [-0.15, -0.1) is 0 Å². The molecule has 1 heterocycles. The van der Waals surface area contributed by atoms with E-state index in [0.717, 1.165) is 6.42 Å². The van der Waals surface area contributed by atoms with Gasteiger partial charge < -0.3 is 19.8 Å². The number of carbonyl (C=O) groups is 3. The Bertz CT molecular complexity index is 740. The van der Waals surface area contributed by atoms with Gasteiger partial charge in [0.25, 0.3) is 11.8 Å². The molecular weight excluding hydrogens is 324 g/mol. The highest BCUT2D eigenvalue weighted by atomic mass is 16.5. The Labute approximate surface area is 145 Å². The maximum absolute atomic E-state index is 12.2. The summed E-state index contributed by atoms with van der Waals surface area (Å²) in [5.41, 5.74) is 0.426. The Kier molecular flexibility index (Phi) is 6.33. The second kappa shape index (κ2) is 8.68. The van der Waals surface area contributed by atoms with Crippen LogP contribution in [0.25, 0.3) is 0 Å². The number of hydrogen-bond donors (Lipinski definition) is 2. The average molecular weight is 344 g/mol. The van der Waals surface area contributed by atoms with Gasteiger partial charge >= 0.3 is 5.97 Å². The van der Waals surface area contributed by atoms with Crippen LogP contribution in [0.15, 0.2) is 47.1 Å². The predicted octanol–water partition coefficient (Wildman–Crippen LogP) is 2.60. The number of furan rings is 1. The highest BCUT2D eigenvalue weighted by molar-refractivity contribution is 6.06. The monoisotopic (exact) mass is 344 g/mol. The lowest BCUT2D eigenvalue weighted by Crippen LogP contribution is -2.35. The zero-order valence-electron chi connectivity index (χ0n) is 14.1. The van der Waals surface area contributed by atoms with Crippen LogP contribution in [0.1, 0.15) is 41.2 Å². The van der Waals surface area contributed by atoms with Crippen LogP contribution in [-0.4, -0.2) is 30.4 Å². The lowest BCUT2D eigenvalue weighted by Gasteiger charge is -2.12. The number of esters is 1. The first kappa shape index (κ1) is 18.3. The van der Waals surface area contributed by atoms with E-state index in [1.807, 2.05) is 13.8 Å². The van der Waals surface area contributed by atoms with E-state index < -0.39 is 11.9 Å². The minimum atomic E-state index is -0.699. The molecule has 2 aromatic rings. The van der Waals surface area contributed by atoms with Crippen molar-refractivity contribution in [3.05, 3.63) is 54.0 Å². The van der Waals surface area contributed by atoms with E-state index >= 15 is 0 Å². The third kappa shape index (κ3) is 5.20. The van der Waals surface area contributed by atoms with E-state index in [-0.39, 0.29) is 35.6 Å². The summed E-state index contributed by atoms with van der Waals surface area (Å²) >= 11 is 0. The maximum Gasteiger partial charge on any atom is 0.340 e. The number of para-hydroxylation sites is 1. The Morgan fingerprint density at radius 2 is 1.92 bits per heavy atom. The van der Waals surface area contributed by atoms with Crippen molar-refractivity contribution in [2.45, 2.75) is 26.3 Å². The quantitative estimate of drug-likeness (QED) is 0.753. The summed E-state index contributed by atoms with van der Waals surface area (Å²) in [5, 5.41) is 5.29. The first-order chi connectivity index (χ1) is 12.0. The molecule has 0 saturated heterocycles. The summed E-state index contributed by atoms with van der Waals surface area (Å²) < 4.78 is 10.0. The largest absolute Gasteiger partial charge is 0.459 e.